The summed E-state index contributed by atoms with van der Waals surface area (Å²) in [5.74, 6) is 0.716. The third-order valence-corrected chi connectivity index (χ3v) is 14.1. The maximum absolute atomic E-state index is 14.5. The van der Waals surface area contributed by atoms with Gasteiger partial charge in [-0.3, -0.25) is 4.79 Å². The molecule has 0 aliphatic carbocycles. The number of aromatic nitrogens is 4. The minimum Gasteiger partial charge on any atom is -0.497 e. The van der Waals surface area contributed by atoms with Gasteiger partial charge in [0.1, 0.15) is 18.3 Å². The lowest BCUT2D eigenvalue weighted by atomic mass is 9.95. The molecule has 4 aromatic rings. The van der Waals surface area contributed by atoms with Gasteiger partial charge in [0.2, 0.25) is 0 Å². The molecule has 0 spiro atoms. The molecule has 2 unspecified atom stereocenters. The van der Waals surface area contributed by atoms with Crippen LogP contribution in [0.1, 0.15) is 73.8 Å². The summed E-state index contributed by atoms with van der Waals surface area (Å²) in [5, 5.41) is 4.68. The summed E-state index contributed by atoms with van der Waals surface area (Å²) in [6, 6.07) is 13.7. The van der Waals surface area contributed by atoms with E-state index in [1.54, 1.807) is 19.6 Å². The number of hydrogen-bond acceptors (Lipinski definition) is 7. The van der Waals surface area contributed by atoms with Crippen LogP contribution in [0.4, 0.5) is 0 Å². The van der Waals surface area contributed by atoms with Gasteiger partial charge in [-0.25, -0.2) is 14.6 Å². The van der Waals surface area contributed by atoms with Crippen molar-refractivity contribution in [3.8, 4) is 28.1 Å². The van der Waals surface area contributed by atoms with Gasteiger partial charge in [-0.05, 0) is 84.4 Å². The molecular formula is C35H43N5O4Si. The van der Waals surface area contributed by atoms with Crippen molar-refractivity contribution in [1.82, 2.24) is 24.6 Å². The first-order valence-corrected chi connectivity index (χ1v) is 18.6. The molecule has 2 atom stereocenters. The van der Waals surface area contributed by atoms with Gasteiger partial charge < -0.3 is 18.8 Å². The average molecular weight is 626 g/mol. The molecule has 1 amide bonds. The van der Waals surface area contributed by atoms with Crippen molar-refractivity contribution in [1.29, 1.82) is 0 Å². The van der Waals surface area contributed by atoms with Crippen LogP contribution in [0.2, 0.25) is 18.1 Å². The van der Waals surface area contributed by atoms with Gasteiger partial charge in [-0.2, -0.15) is 5.10 Å². The Morgan fingerprint density at radius 1 is 1.09 bits per heavy atom. The second kappa shape index (κ2) is 12.5. The molecule has 1 fully saturated rings. The first-order chi connectivity index (χ1) is 21.6. The molecule has 1 saturated heterocycles. The molecule has 45 heavy (non-hydrogen) atoms. The average Bonchev–Trinajstić information content (AvgIpc) is 3.67. The van der Waals surface area contributed by atoms with Gasteiger partial charge >= 0.3 is 0 Å². The summed E-state index contributed by atoms with van der Waals surface area (Å²) in [5.41, 5.74) is 6.13. The number of carbonyl (C=O) groups is 1. The minimum absolute atomic E-state index is 0.0307. The first-order valence-electron chi connectivity index (χ1n) is 15.7. The van der Waals surface area contributed by atoms with E-state index >= 15 is 0 Å². The van der Waals surface area contributed by atoms with Crippen molar-refractivity contribution in [3.63, 3.8) is 0 Å². The number of amides is 1. The monoisotopic (exact) mass is 625 g/mol. The number of ether oxygens (including phenoxy) is 2. The van der Waals surface area contributed by atoms with E-state index in [4.69, 9.17) is 13.9 Å². The van der Waals surface area contributed by atoms with E-state index in [9.17, 15) is 4.79 Å². The Kier molecular flexibility index (Phi) is 8.65. The Balaban J connectivity index is 1.40. The highest BCUT2D eigenvalue weighted by molar-refractivity contribution is 6.74. The number of benzene rings is 2. The van der Waals surface area contributed by atoms with Crippen molar-refractivity contribution in [3.05, 3.63) is 84.1 Å². The van der Waals surface area contributed by atoms with Crippen LogP contribution in [0.3, 0.4) is 0 Å². The lowest BCUT2D eigenvalue weighted by Crippen LogP contribution is -2.43. The number of rotatable bonds is 9. The second-order valence-electron chi connectivity index (χ2n) is 13.5. The zero-order valence-electron chi connectivity index (χ0n) is 27.1. The van der Waals surface area contributed by atoms with Crippen molar-refractivity contribution in [2.24, 2.45) is 0 Å². The number of fused-ring (bicyclic) bond motifs is 1. The van der Waals surface area contributed by atoms with Gasteiger partial charge in [0.15, 0.2) is 8.32 Å². The van der Waals surface area contributed by atoms with Gasteiger partial charge in [0.05, 0.1) is 31.6 Å². The summed E-state index contributed by atoms with van der Waals surface area (Å²) in [6.07, 6.45) is 10.2. The minimum atomic E-state index is -2.11. The van der Waals surface area contributed by atoms with E-state index in [0.29, 0.717) is 18.7 Å². The lowest BCUT2D eigenvalue weighted by Gasteiger charge is -2.39. The molecule has 10 heteroatoms. The molecule has 6 rings (SSSR count). The van der Waals surface area contributed by atoms with Crippen molar-refractivity contribution in [2.45, 2.75) is 77.0 Å². The highest BCUT2D eigenvalue weighted by Crippen LogP contribution is 2.42. The summed E-state index contributed by atoms with van der Waals surface area (Å²) in [4.78, 5) is 25.2. The first kappa shape index (κ1) is 31.1. The maximum Gasteiger partial charge on any atom is 0.255 e. The molecule has 2 aliphatic rings. The van der Waals surface area contributed by atoms with Gasteiger partial charge in [-0.15, -0.1) is 0 Å². The Hall–Kier alpha value is -3.86. The van der Waals surface area contributed by atoms with Gasteiger partial charge in [0, 0.05) is 42.2 Å². The normalized spacial score (nSPS) is 17.8. The summed E-state index contributed by atoms with van der Waals surface area (Å²) >= 11 is 0. The number of nitrogens with zero attached hydrogens (tertiary/aromatic N) is 5. The van der Waals surface area contributed by atoms with Crippen molar-refractivity contribution >= 4 is 14.2 Å². The van der Waals surface area contributed by atoms with Crippen LogP contribution < -0.4 is 4.74 Å². The topological polar surface area (TPSA) is 91.6 Å². The van der Waals surface area contributed by atoms with Crippen LogP contribution >= 0.6 is 0 Å². The maximum atomic E-state index is 14.5. The molecule has 2 aromatic heterocycles. The van der Waals surface area contributed by atoms with Crippen LogP contribution in [0.5, 0.6) is 5.75 Å². The molecule has 0 radical (unpaired) electrons. The number of methoxy groups -OCH3 is 1. The Bertz CT molecular complexity index is 1660. The summed E-state index contributed by atoms with van der Waals surface area (Å²) < 4.78 is 20.2. The fourth-order valence-electron chi connectivity index (χ4n) is 5.82. The molecular weight excluding hydrogens is 583 g/mol. The quantitative estimate of drug-likeness (QED) is 0.179. The second-order valence-corrected chi connectivity index (χ2v) is 18.3. The highest BCUT2D eigenvalue weighted by atomic mass is 28.4. The van der Waals surface area contributed by atoms with Crippen LogP contribution in [-0.4, -0.2) is 59.2 Å². The Morgan fingerprint density at radius 3 is 2.62 bits per heavy atom. The fourth-order valence-corrected chi connectivity index (χ4v) is 6.83. The van der Waals surface area contributed by atoms with Gasteiger partial charge in [0.25, 0.3) is 5.91 Å². The predicted octanol–water partition coefficient (Wildman–Crippen LogP) is 7.43. The predicted molar refractivity (Wildman–Crippen MR) is 176 cm³/mol. The van der Waals surface area contributed by atoms with Crippen LogP contribution in [0.15, 0.2) is 67.4 Å². The third kappa shape index (κ3) is 6.32. The molecule has 2 aromatic carbocycles. The molecule has 4 heterocycles. The van der Waals surface area contributed by atoms with Crippen molar-refractivity contribution < 1.29 is 18.7 Å². The van der Waals surface area contributed by atoms with Crippen molar-refractivity contribution in [2.75, 3.05) is 20.3 Å². The molecule has 236 valence electrons. The number of carbonyl (C=O) groups excluding carboxylic acids is 1. The summed E-state index contributed by atoms with van der Waals surface area (Å²) in [7, 11) is -0.448. The third-order valence-electron chi connectivity index (χ3n) is 9.58. The fraction of sp³-hybridized carbons (Fsp3) is 0.429. The van der Waals surface area contributed by atoms with Crippen LogP contribution in [0, 0.1) is 0 Å². The van der Waals surface area contributed by atoms with E-state index in [2.05, 4.69) is 61.1 Å². The Morgan fingerprint density at radius 2 is 1.91 bits per heavy atom. The van der Waals surface area contributed by atoms with Crippen LogP contribution in [-0.2, 0) is 15.7 Å². The SMILES string of the molecule is COc1cccc(C(CO[Si](C)(C)C(C)(C)C)N2Cc3c(cc(-c4cnn(C5CCCCO5)c4)cc3-c3ccncn3)C2=O)c1. The summed E-state index contributed by atoms with van der Waals surface area (Å²) in [6.45, 7) is 12.8. The molecule has 9 nitrogen and oxygen atoms in total. The molecule has 0 saturated carbocycles. The Labute approximate surface area is 266 Å². The number of hydrogen-bond donors (Lipinski definition) is 0. The largest absolute Gasteiger partial charge is 0.497 e. The highest BCUT2D eigenvalue weighted by Gasteiger charge is 2.41. The van der Waals surface area contributed by atoms with E-state index in [1.807, 2.05) is 52.3 Å². The van der Waals surface area contributed by atoms with E-state index in [0.717, 1.165) is 65.1 Å². The zero-order chi connectivity index (χ0) is 31.8. The smallest absolute Gasteiger partial charge is 0.255 e. The zero-order valence-corrected chi connectivity index (χ0v) is 28.1. The van der Waals surface area contributed by atoms with E-state index in [1.165, 1.54) is 0 Å². The molecule has 2 aliphatic heterocycles. The molecule has 0 N–H and O–H groups in total. The van der Waals surface area contributed by atoms with Gasteiger partial charge in [-0.1, -0.05) is 32.9 Å². The van der Waals surface area contributed by atoms with Crippen LogP contribution in [0.25, 0.3) is 22.4 Å². The molecule has 0 bridgehead atoms. The standard InChI is InChI=1S/C35H43N5O4Si/c1-35(2,3)45(5,6)44-22-32(24-10-9-11-27(16-24)42-4)39-21-30-28(31-13-14-36-23-37-31)17-25(18-29(30)34(39)41)26-19-38-40(20-26)33-12-7-8-15-43-33/h9-11,13-14,16-20,23,32-33H,7-8,12,15,21-22H2,1-6H3. The van der Waals surface area contributed by atoms with E-state index in [-0.39, 0.29) is 23.2 Å². The van der Waals surface area contributed by atoms with E-state index < -0.39 is 8.32 Å². The lowest BCUT2D eigenvalue weighted by molar-refractivity contribution is -0.0394.